The van der Waals surface area contributed by atoms with Crippen molar-refractivity contribution < 1.29 is 12.9 Å². The number of nitrogens with zero attached hydrogens (tertiary/aromatic N) is 1. The summed E-state index contributed by atoms with van der Waals surface area (Å²) in [6.45, 7) is -0.101. The Bertz CT molecular complexity index is 310. The summed E-state index contributed by atoms with van der Waals surface area (Å²) in [6, 6.07) is 4.99. The number of anilines is 1. The number of pyridine rings is 1. The molecule has 0 saturated carbocycles. The lowest BCUT2D eigenvalue weighted by molar-refractivity contribution is 0.330. The first-order valence-corrected chi connectivity index (χ1v) is 4.70. The van der Waals surface area contributed by atoms with Gasteiger partial charge in [0.25, 0.3) is 0 Å². The van der Waals surface area contributed by atoms with Crippen molar-refractivity contribution in [1.29, 1.82) is 0 Å². The number of hydrogen-bond donors (Lipinski definition) is 2. The minimum absolute atomic E-state index is 0.101. The lowest BCUT2D eigenvalue weighted by Gasteiger charge is -2.02. The summed E-state index contributed by atoms with van der Waals surface area (Å²) >= 11 is 3.32. The van der Waals surface area contributed by atoms with E-state index in [1.54, 1.807) is 18.2 Å². The van der Waals surface area contributed by atoms with Crippen molar-refractivity contribution in [2.75, 3.05) is 12.0 Å². The molecule has 0 aliphatic rings. The van der Waals surface area contributed by atoms with Crippen molar-refractivity contribution in [3.63, 3.8) is 0 Å². The third kappa shape index (κ3) is 4.18. The van der Waals surface area contributed by atoms with E-state index in [-0.39, 0.29) is 6.73 Å². The number of aromatic nitrogens is 1. The molecule has 1 aromatic heterocycles. The minimum Gasteiger partial charge on any atom is -0.346 e. The van der Waals surface area contributed by atoms with Gasteiger partial charge in [-0.2, -0.15) is 4.21 Å². The molecule has 7 heteroatoms. The number of hydrogen-bond acceptors (Lipinski definition) is 4. The molecule has 0 spiro atoms. The van der Waals surface area contributed by atoms with E-state index in [0.29, 0.717) is 11.0 Å². The van der Waals surface area contributed by atoms with Crippen LogP contribution in [-0.4, -0.2) is 20.5 Å². The molecular formula is C6H7ClN2O3S. The highest BCUT2D eigenvalue weighted by Crippen LogP contribution is 2.08. The first-order valence-electron chi connectivity index (χ1n) is 3.29. The Kier molecular flexibility index (Phi) is 4.10. The molecule has 0 radical (unpaired) electrons. The van der Waals surface area contributed by atoms with Gasteiger partial charge in [-0.25, -0.2) is 9.17 Å². The van der Waals surface area contributed by atoms with Gasteiger partial charge >= 0.3 is 11.4 Å². The lowest BCUT2D eigenvalue weighted by atomic mass is 10.5. The molecule has 5 nitrogen and oxygen atoms in total. The van der Waals surface area contributed by atoms with Gasteiger partial charge in [-0.1, -0.05) is 17.7 Å². The third-order valence-electron chi connectivity index (χ3n) is 1.13. The van der Waals surface area contributed by atoms with Gasteiger partial charge in [0, 0.05) is 0 Å². The summed E-state index contributed by atoms with van der Waals surface area (Å²) in [5.41, 5.74) is 0. The molecule has 1 atom stereocenters. The van der Waals surface area contributed by atoms with Crippen LogP contribution in [0.25, 0.3) is 0 Å². The molecule has 0 fully saturated rings. The second kappa shape index (κ2) is 5.13. The highest BCUT2D eigenvalue weighted by molar-refractivity contribution is 7.74. The van der Waals surface area contributed by atoms with Gasteiger partial charge < -0.3 is 5.32 Å². The Balaban J connectivity index is 2.41. The van der Waals surface area contributed by atoms with Crippen LogP contribution >= 0.6 is 11.6 Å². The highest BCUT2D eigenvalue weighted by Gasteiger charge is 1.95. The molecule has 0 aromatic carbocycles. The smallest absolute Gasteiger partial charge is 0.303 e. The van der Waals surface area contributed by atoms with Gasteiger partial charge in [0.15, 0.2) is 0 Å². The van der Waals surface area contributed by atoms with Crippen LogP contribution in [0.1, 0.15) is 0 Å². The fourth-order valence-corrected chi connectivity index (χ4v) is 0.984. The monoisotopic (exact) mass is 222 g/mol. The molecule has 13 heavy (non-hydrogen) atoms. The zero-order valence-corrected chi connectivity index (χ0v) is 8.01. The van der Waals surface area contributed by atoms with E-state index in [1.807, 2.05) is 0 Å². The van der Waals surface area contributed by atoms with Gasteiger partial charge in [0.2, 0.25) is 0 Å². The summed E-state index contributed by atoms with van der Waals surface area (Å²) in [6.07, 6.45) is 0. The van der Waals surface area contributed by atoms with Crippen LogP contribution in [0.5, 0.6) is 0 Å². The van der Waals surface area contributed by atoms with E-state index in [2.05, 4.69) is 14.5 Å². The first kappa shape index (κ1) is 10.4. The minimum atomic E-state index is -2.27. The van der Waals surface area contributed by atoms with Crippen LogP contribution in [0.4, 0.5) is 5.82 Å². The third-order valence-corrected chi connectivity index (χ3v) is 1.66. The fourth-order valence-electron chi connectivity index (χ4n) is 0.661. The summed E-state index contributed by atoms with van der Waals surface area (Å²) in [5.74, 6) is 0.484. The maximum absolute atomic E-state index is 10.1. The second-order valence-electron chi connectivity index (χ2n) is 2.00. The van der Waals surface area contributed by atoms with Gasteiger partial charge in [-0.15, -0.1) is 0 Å². The van der Waals surface area contributed by atoms with Gasteiger partial charge in [0.1, 0.15) is 17.7 Å². The molecule has 0 aliphatic carbocycles. The summed E-state index contributed by atoms with van der Waals surface area (Å²) < 4.78 is 22.6. The average Bonchev–Trinajstić information content (AvgIpc) is 2.03. The standard InChI is InChI=1S/C6H7ClN2O3S/c7-5-2-1-3-6(9-5)8-4-12-13(10)11/h1-3H,4H2,(H,8,9)(H,10,11). The molecule has 0 saturated heterocycles. The SMILES string of the molecule is O=S(O)OCNc1cccc(Cl)n1. The number of halogens is 1. The molecule has 2 N–H and O–H groups in total. The van der Waals surface area contributed by atoms with Crippen molar-refractivity contribution >= 4 is 28.8 Å². The topological polar surface area (TPSA) is 71.5 Å². The van der Waals surface area contributed by atoms with E-state index in [1.165, 1.54) is 0 Å². The van der Waals surface area contributed by atoms with Crippen molar-refractivity contribution in [2.45, 2.75) is 0 Å². The Morgan fingerprint density at radius 3 is 3.08 bits per heavy atom. The highest BCUT2D eigenvalue weighted by atomic mass is 35.5. The van der Waals surface area contributed by atoms with Crippen LogP contribution in [0, 0.1) is 0 Å². The quantitative estimate of drug-likeness (QED) is 0.456. The van der Waals surface area contributed by atoms with Crippen LogP contribution in [0.3, 0.4) is 0 Å². The van der Waals surface area contributed by atoms with Crippen molar-refractivity contribution in [1.82, 2.24) is 4.98 Å². The van der Waals surface area contributed by atoms with Crippen LogP contribution in [-0.2, 0) is 15.5 Å². The molecule has 0 bridgehead atoms. The number of nitrogens with one attached hydrogen (secondary N) is 1. The summed E-state index contributed by atoms with van der Waals surface area (Å²) in [7, 11) is 0. The molecule has 0 amide bonds. The Labute approximate surface area is 82.6 Å². The number of rotatable bonds is 4. The Hall–Kier alpha value is -0.690. The molecular weight excluding hydrogens is 216 g/mol. The van der Waals surface area contributed by atoms with E-state index in [4.69, 9.17) is 16.2 Å². The zero-order valence-electron chi connectivity index (χ0n) is 6.44. The largest absolute Gasteiger partial charge is 0.346 e. The Morgan fingerprint density at radius 2 is 2.46 bits per heavy atom. The lowest BCUT2D eigenvalue weighted by Crippen LogP contribution is -2.08. The van der Waals surface area contributed by atoms with Crippen molar-refractivity contribution in [2.24, 2.45) is 0 Å². The van der Waals surface area contributed by atoms with E-state index < -0.39 is 11.4 Å². The molecule has 1 heterocycles. The van der Waals surface area contributed by atoms with Crippen LogP contribution in [0.2, 0.25) is 5.15 Å². The molecule has 1 unspecified atom stereocenters. The predicted molar refractivity (Wildman–Crippen MR) is 49.6 cm³/mol. The Morgan fingerprint density at radius 1 is 1.69 bits per heavy atom. The van der Waals surface area contributed by atoms with Crippen LogP contribution in [0.15, 0.2) is 18.2 Å². The first-order chi connectivity index (χ1) is 6.18. The maximum Gasteiger partial charge on any atom is 0.303 e. The summed E-state index contributed by atoms with van der Waals surface area (Å²) in [4.78, 5) is 3.86. The van der Waals surface area contributed by atoms with E-state index >= 15 is 0 Å². The fraction of sp³-hybridized carbons (Fsp3) is 0.167. The maximum atomic E-state index is 10.1. The average molecular weight is 223 g/mol. The normalized spacial score (nSPS) is 12.5. The predicted octanol–water partition coefficient (Wildman–Crippen LogP) is 1.26. The molecule has 72 valence electrons. The van der Waals surface area contributed by atoms with Crippen LogP contribution < -0.4 is 5.32 Å². The molecule has 1 aromatic rings. The summed E-state index contributed by atoms with van der Waals surface area (Å²) in [5, 5.41) is 2.99. The molecule has 0 aliphatic heterocycles. The second-order valence-corrected chi connectivity index (χ2v) is 3.06. The zero-order chi connectivity index (χ0) is 9.68. The van der Waals surface area contributed by atoms with E-state index in [9.17, 15) is 4.21 Å². The van der Waals surface area contributed by atoms with Gasteiger partial charge in [-0.05, 0) is 12.1 Å². The molecule has 1 rings (SSSR count). The van der Waals surface area contributed by atoms with E-state index in [0.717, 1.165) is 0 Å². The van der Waals surface area contributed by atoms with Gasteiger partial charge in [0.05, 0.1) is 0 Å². The van der Waals surface area contributed by atoms with Crippen molar-refractivity contribution in [3.05, 3.63) is 23.4 Å². The van der Waals surface area contributed by atoms with Crippen molar-refractivity contribution in [3.8, 4) is 0 Å². The van der Waals surface area contributed by atoms with Gasteiger partial charge in [-0.3, -0.25) is 4.55 Å².